The summed E-state index contributed by atoms with van der Waals surface area (Å²) in [6.07, 6.45) is 3.24. The summed E-state index contributed by atoms with van der Waals surface area (Å²) < 4.78 is 0. The van der Waals surface area contributed by atoms with Gasteiger partial charge in [0.15, 0.2) is 0 Å². The Hall–Kier alpha value is -1.59. The van der Waals surface area contributed by atoms with Gasteiger partial charge in [0, 0.05) is 18.2 Å². The van der Waals surface area contributed by atoms with E-state index < -0.39 is 0 Å². The van der Waals surface area contributed by atoms with Gasteiger partial charge in [-0.25, -0.2) is 0 Å². The van der Waals surface area contributed by atoms with Crippen LogP contribution in [0.2, 0.25) is 5.02 Å². The number of carbonyl (C=O) groups is 2. The number of halogens is 1. The Balaban J connectivity index is 1.96. The van der Waals surface area contributed by atoms with Crippen molar-refractivity contribution in [1.82, 2.24) is 10.6 Å². The van der Waals surface area contributed by atoms with Crippen molar-refractivity contribution >= 4 is 29.1 Å². The molecule has 0 atom stereocenters. The van der Waals surface area contributed by atoms with Crippen LogP contribution in [-0.4, -0.2) is 31.4 Å². The van der Waals surface area contributed by atoms with E-state index in [4.69, 9.17) is 11.6 Å². The summed E-state index contributed by atoms with van der Waals surface area (Å²) in [5, 5.41) is 9.06. The van der Waals surface area contributed by atoms with E-state index in [1.807, 2.05) is 7.05 Å². The van der Waals surface area contributed by atoms with Crippen molar-refractivity contribution in [2.45, 2.75) is 31.7 Å². The Bertz CT molecular complexity index is 530. The molecule has 0 aliphatic heterocycles. The van der Waals surface area contributed by atoms with Gasteiger partial charge < -0.3 is 16.0 Å². The molecule has 0 heterocycles. The van der Waals surface area contributed by atoms with E-state index in [0.29, 0.717) is 22.7 Å². The fourth-order valence-corrected chi connectivity index (χ4v) is 2.12. The molecule has 0 unspecified atom stereocenters. The van der Waals surface area contributed by atoms with Gasteiger partial charge in [0.05, 0.1) is 10.6 Å². The first-order valence-corrected chi connectivity index (χ1v) is 7.53. The van der Waals surface area contributed by atoms with Gasteiger partial charge in [-0.05, 0) is 51.1 Å². The van der Waals surface area contributed by atoms with Gasteiger partial charge in [-0.15, -0.1) is 0 Å². The molecule has 1 aromatic carbocycles. The minimum atomic E-state index is -0.186. The highest BCUT2D eigenvalue weighted by Crippen LogP contribution is 2.24. The fraction of sp³-hybridized carbons (Fsp3) is 0.467. The molecule has 21 heavy (non-hydrogen) atoms. The van der Waals surface area contributed by atoms with Gasteiger partial charge >= 0.3 is 0 Å². The predicted molar refractivity (Wildman–Crippen MR) is 83.7 cm³/mol. The van der Waals surface area contributed by atoms with E-state index in [1.54, 1.807) is 18.2 Å². The number of nitrogens with one attached hydrogen (secondary N) is 3. The van der Waals surface area contributed by atoms with Crippen LogP contribution in [0.25, 0.3) is 0 Å². The smallest absolute Gasteiger partial charge is 0.253 e. The Kier molecular flexibility index (Phi) is 5.59. The molecule has 1 aliphatic carbocycles. The molecule has 2 amide bonds. The van der Waals surface area contributed by atoms with E-state index in [1.165, 1.54) is 0 Å². The molecule has 0 saturated heterocycles. The molecule has 2 rings (SSSR count). The van der Waals surface area contributed by atoms with Crippen molar-refractivity contribution in [3.8, 4) is 0 Å². The molecule has 6 heteroatoms. The van der Waals surface area contributed by atoms with E-state index in [0.717, 1.165) is 25.8 Å². The van der Waals surface area contributed by atoms with Crippen molar-refractivity contribution < 1.29 is 9.59 Å². The first kappa shape index (κ1) is 15.8. The van der Waals surface area contributed by atoms with Crippen LogP contribution in [0.4, 0.5) is 5.69 Å². The zero-order valence-corrected chi connectivity index (χ0v) is 12.8. The topological polar surface area (TPSA) is 70.2 Å². The molecule has 3 N–H and O–H groups in total. The van der Waals surface area contributed by atoms with Crippen LogP contribution in [0.15, 0.2) is 18.2 Å². The molecule has 1 aromatic rings. The average molecular weight is 310 g/mol. The quantitative estimate of drug-likeness (QED) is 0.676. The van der Waals surface area contributed by atoms with Crippen LogP contribution in [-0.2, 0) is 4.79 Å². The highest BCUT2D eigenvalue weighted by Gasteiger charge is 2.24. The van der Waals surface area contributed by atoms with Crippen LogP contribution < -0.4 is 16.0 Å². The minimum absolute atomic E-state index is 0.0684. The van der Waals surface area contributed by atoms with Crippen LogP contribution >= 0.6 is 11.6 Å². The highest BCUT2D eigenvalue weighted by molar-refractivity contribution is 6.34. The summed E-state index contributed by atoms with van der Waals surface area (Å²) in [7, 11) is 1.85. The van der Waals surface area contributed by atoms with Crippen LogP contribution in [0.3, 0.4) is 0 Å². The Morgan fingerprint density at radius 1 is 1.33 bits per heavy atom. The summed E-state index contributed by atoms with van der Waals surface area (Å²) in [5.41, 5.74) is 0.992. The second-order valence-electron chi connectivity index (χ2n) is 5.20. The molecular formula is C15H20ClN3O2. The molecule has 1 aliphatic rings. The van der Waals surface area contributed by atoms with E-state index in [9.17, 15) is 9.59 Å². The van der Waals surface area contributed by atoms with Crippen molar-refractivity contribution in [1.29, 1.82) is 0 Å². The zero-order chi connectivity index (χ0) is 15.2. The van der Waals surface area contributed by atoms with Gasteiger partial charge in [0.2, 0.25) is 5.91 Å². The molecule has 1 fully saturated rings. The largest absolute Gasteiger partial charge is 0.349 e. The van der Waals surface area contributed by atoms with Gasteiger partial charge in [-0.3, -0.25) is 9.59 Å². The number of anilines is 1. The first-order valence-electron chi connectivity index (χ1n) is 7.15. The van der Waals surface area contributed by atoms with Crippen molar-refractivity contribution in [2.24, 2.45) is 0 Å². The Morgan fingerprint density at radius 3 is 2.76 bits per heavy atom. The third-order valence-corrected chi connectivity index (χ3v) is 3.57. The first-order chi connectivity index (χ1) is 10.1. The molecular weight excluding hydrogens is 290 g/mol. The maximum absolute atomic E-state index is 12.0. The molecule has 114 valence electrons. The molecule has 0 aromatic heterocycles. The fourth-order valence-electron chi connectivity index (χ4n) is 1.92. The molecule has 0 bridgehead atoms. The number of amides is 2. The SMILES string of the molecule is CNCCCC(=O)Nc1ccc(Cl)c(C(=O)NC2CC2)c1. The molecule has 1 saturated carbocycles. The number of hydrogen-bond acceptors (Lipinski definition) is 3. The Morgan fingerprint density at radius 2 is 2.10 bits per heavy atom. The lowest BCUT2D eigenvalue weighted by Gasteiger charge is -2.09. The van der Waals surface area contributed by atoms with Gasteiger partial charge in [-0.1, -0.05) is 11.6 Å². The molecule has 0 spiro atoms. The molecule has 5 nitrogen and oxygen atoms in total. The van der Waals surface area contributed by atoms with Gasteiger partial charge in [-0.2, -0.15) is 0 Å². The van der Waals surface area contributed by atoms with E-state index >= 15 is 0 Å². The lowest BCUT2D eigenvalue weighted by molar-refractivity contribution is -0.116. The minimum Gasteiger partial charge on any atom is -0.349 e. The van der Waals surface area contributed by atoms with E-state index in [-0.39, 0.29) is 17.9 Å². The van der Waals surface area contributed by atoms with E-state index in [2.05, 4.69) is 16.0 Å². The summed E-state index contributed by atoms with van der Waals surface area (Å²) in [4.78, 5) is 23.8. The number of rotatable bonds is 7. The maximum atomic E-state index is 12.0. The predicted octanol–water partition coefficient (Wildman–Crippen LogP) is 2.17. The lowest BCUT2D eigenvalue weighted by atomic mass is 10.1. The maximum Gasteiger partial charge on any atom is 0.253 e. The number of hydrogen-bond donors (Lipinski definition) is 3. The van der Waals surface area contributed by atoms with Crippen LogP contribution in [0, 0.1) is 0 Å². The summed E-state index contributed by atoms with van der Waals surface area (Å²) >= 11 is 6.05. The number of benzene rings is 1. The van der Waals surface area contributed by atoms with Crippen molar-refractivity contribution in [3.05, 3.63) is 28.8 Å². The van der Waals surface area contributed by atoms with Gasteiger partial charge in [0.25, 0.3) is 5.91 Å². The zero-order valence-electron chi connectivity index (χ0n) is 12.0. The molecule has 0 radical (unpaired) electrons. The second kappa shape index (κ2) is 7.43. The third-order valence-electron chi connectivity index (χ3n) is 3.24. The van der Waals surface area contributed by atoms with Gasteiger partial charge in [0.1, 0.15) is 0 Å². The average Bonchev–Trinajstić information content (AvgIpc) is 3.25. The normalized spacial score (nSPS) is 13.8. The summed E-state index contributed by atoms with van der Waals surface area (Å²) in [6, 6.07) is 5.22. The Labute approximate surface area is 129 Å². The number of carbonyl (C=O) groups excluding carboxylic acids is 2. The van der Waals surface area contributed by atoms with Crippen LogP contribution in [0.1, 0.15) is 36.0 Å². The van der Waals surface area contributed by atoms with Crippen molar-refractivity contribution in [2.75, 3.05) is 18.9 Å². The lowest BCUT2D eigenvalue weighted by Crippen LogP contribution is -2.25. The van der Waals surface area contributed by atoms with Crippen molar-refractivity contribution in [3.63, 3.8) is 0 Å². The third kappa shape index (κ3) is 5.02. The van der Waals surface area contributed by atoms with Crippen LogP contribution in [0.5, 0.6) is 0 Å². The second-order valence-corrected chi connectivity index (χ2v) is 5.60. The summed E-state index contributed by atoms with van der Waals surface area (Å²) in [5.74, 6) is -0.255. The highest BCUT2D eigenvalue weighted by atomic mass is 35.5. The monoisotopic (exact) mass is 309 g/mol. The summed E-state index contributed by atoms with van der Waals surface area (Å²) in [6.45, 7) is 0.795. The standard InChI is InChI=1S/C15H20ClN3O2/c1-17-8-2-3-14(20)18-11-6-7-13(16)12(9-11)15(21)19-10-4-5-10/h6-7,9-10,17H,2-5,8H2,1H3,(H,18,20)(H,19,21).